The van der Waals surface area contributed by atoms with E-state index in [2.05, 4.69) is 0 Å². The molecule has 0 saturated carbocycles. The molecule has 1 aliphatic rings. The molecule has 2 atom stereocenters. The van der Waals surface area contributed by atoms with E-state index in [9.17, 15) is 9.59 Å². The predicted octanol–water partition coefficient (Wildman–Crippen LogP) is 2.08. The van der Waals surface area contributed by atoms with E-state index in [4.69, 9.17) is 9.47 Å². The number of rotatable bonds is 4. The van der Waals surface area contributed by atoms with E-state index in [0.717, 1.165) is 0 Å². The minimum Gasteiger partial charge on any atom is -0.463 e. The van der Waals surface area contributed by atoms with Gasteiger partial charge in [0.15, 0.2) is 0 Å². The highest BCUT2D eigenvalue weighted by molar-refractivity contribution is 5.84. The van der Waals surface area contributed by atoms with Gasteiger partial charge < -0.3 is 9.47 Å². The number of hydrogen-bond acceptors (Lipinski definition) is 4. The van der Waals surface area contributed by atoms with Gasteiger partial charge in [-0.25, -0.2) is 0 Å². The fourth-order valence-corrected chi connectivity index (χ4v) is 1.77. The molecule has 0 fully saturated rings. The second-order valence-electron chi connectivity index (χ2n) is 4.77. The zero-order valence-corrected chi connectivity index (χ0v) is 10.8. The molecule has 2 unspecified atom stereocenters. The molecule has 0 spiro atoms. The molecule has 4 nitrogen and oxygen atoms in total. The van der Waals surface area contributed by atoms with Crippen molar-refractivity contribution in [2.75, 3.05) is 0 Å². The number of esters is 2. The maximum Gasteiger partial charge on any atom is 0.313 e. The molecule has 4 heteroatoms. The molecule has 0 aromatic rings. The van der Waals surface area contributed by atoms with Crippen LogP contribution in [0.1, 0.15) is 34.1 Å². The molecular weight excluding hydrogens is 220 g/mol. The van der Waals surface area contributed by atoms with E-state index in [1.54, 1.807) is 33.8 Å². The van der Waals surface area contributed by atoms with Gasteiger partial charge in [-0.15, -0.1) is 0 Å². The lowest BCUT2D eigenvalue weighted by atomic mass is 9.96. The summed E-state index contributed by atoms with van der Waals surface area (Å²) in [6.07, 6.45) is 3.78. The van der Waals surface area contributed by atoms with Crippen molar-refractivity contribution in [1.29, 1.82) is 0 Å². The van der Waals surface area contributed by atoms with Crippen molar-refractivity contribution >= 4 is 11.9 Å². The molecule has 17 heavy (non-hydrogen) atoms. The van der Waals surface area contributed by atoms with Crippen LogP contribution >= 0.6 is 0 Å². The Morgan fingerprint density at radius 3 is 2.12 bits per heavy atom. The van der Waals surface area contributed by atoms with Crippen molar-refractivity contribution in [1.82, 2.24) is 0 Å². The summed E-state index contributed by atoms with van der Waals surface area (Å²) in [6, 6.07) is 0. The normalized spacial score (nSPS) is 23.2. The average Bonchev–Trinajstić information content (AvgIpc) is 2.63. The second kappa shape index (κ2) is 5.84. The molecule has 0 saturated heterocycles. The van der Waals surface area contributed by atoms with Gasteiger partial charge in [-0.1, -0.05) is 12.2 Å². The summed E-state index contributed by atoms with van der Waals surface area (Å²) < 4.78 is 10.3. The summed E-state index contributed by atoms with van der Waals surface area (Å²) in [5.74, 6) is -1.59. The predicted molar refractivity (Wildman–Crippen MR) is 63.2 cm³/mol. The monoisotopic (exact) mass is 240 g/mol. The van der Waals surface area contributed by atoms with Gasteiger partial charge in [0, 0.05) is 0 Å². The van der Waals surface area contributed by atoms with Crippen LogP contribution in [0.25, 0.3) is 0 Å². The summed E-state index contributed by atoms with van der Waals surface area (Å²) in [5, 5.41) is 0. The largest absolute Gasteiger partial charge is 0.463 e. The first kappa shape index (κ1) is 13.7. The molecule has 0 aliphatic heterocycles. The molecule has 0 bridgehead atoms. The molecule has 0 aromatic carbocycles. The first-order valence-electron chi connectivity index (χ1n) is 5.99. The summed E-state index contributed by atoms with van der Waals surface area (Å²) >= 11 is 0. The van der Waals surface area contributed by atoms with Crippen LogP contribution in [-0.4, -0.2) is 24.1 Å². The number of hydrogen-bond donors (Lipinski definition) is 0. The smallest absolute Gasteiger partial charge is 0.313 e. The van der Waals surface area contributed by atoms with E-state index >= 15 is 0 Å². The molecule has 1 aliphatic carbocycles. The summed E-state index contributed by atoms with van der Waals surface area (Å²) in [5.41, 5.74) is 0. The fraction of sp³-hybridized carbons (Fsp3) is 0.692. The topological polar surface area (TPSA) is 52.6 Å². The summed E-state index contributed by atoms with van der Waals surface area (Å²) in [7, 11) is 0. The Hall–Kier alpha value is -1.32. The second-order valence-corrected chi connectivity index (χ2v) is 4.77. The van der Waals surface area contributed by atoms with Crippen molar-refractivity contribution in [3.05, 3.63) is 12.2 Å². The molecule has 0 aromatic heterocycles. The summed E-state index contributed by atoms with van der Waals surface area (Å²) in [6.45, 7) is 7.17. The highest BCUT2D eigenvalue weighted by Gasteiger charge is 2.37. The lowest BCUT2D eigenvalue weighted by Crippen LogP contribution is -2.31. The summed E-state index contributed by atoms with van der Waals surface area (Å²) in [4.78, 5) is 23.6. The third-order valence-corrected chi connectivity index (χ3v) is 2.45. The van der Waals surface area contributed by atoms with Crippen LogP contribution in [-0.2, 0) is 19.1 Å². The Labute approximate surface area is 102 Å². The lowest BCUT2D eigenvalue weighted by Gasteiger charge is -2.19. The Morgan fingerprint density at radius 1 is 1.06 bits per heavy atom. The number of ether oxygens (including phenoxy) is 2. The Balaban J connectivity index is 2.62. The van der Waals surface area contributed by atoms with Crippen LogP contribution in [0.5, 0.6) is 0 Å². The molecular formula is C13H20O4. The van der Waals surface area contributed by atoms with Gasteiger partial charge in [0.2, 0.25) is 0 Å². The van der Waals surface area contributed by atoms with Gasteiger partial charge in [-0.05, 0) is 34.1 Å². The zero-order valence-electron chi connectivity index (χ0n) is 10.8. The standard InChI is InChI=1S/C13H20O4/c1-8(2)16-12(14)10-6-5-7-11(10)13(15)17-9(3)4/h5-6,8-11H,7H2,1-4H3. The number of carbonyl (C=O) groups excluding carboxylic acids is 2. The highest BCUT2D eigenvalue weighted by Crippen LogP contribution is 2.28. The van der Waals surface area contributed by atoms with Crippen LogP contribution in [0.15, 0.2) is 12.2 Å². The Kier molecular flexibility index (Phi) is 4.73. The highest BCUT2D eigenvalue weighted by atomic mass is 16.6. The third-order valence-electron chi connectivity index (χ3n) is 2.45. The number of allylic oxidation sites excluding steroid dienone is 1. The average molecular weight is 240 g/mol. The first-order valence-corrected chi connectivity index (χ1v) is 5.99. The molecule has 0 N–H and O–H groups in total. The van der Waals surface area contributed by atoms with Crippen molar-refractivity contribution in [3.63, 3.8) is 0 Å². The molecule has 1 rings (SSSR count). The van der Waals surface area contributed by atoms with E-state index in [1.807, 2.05) is 6.08 Å². The maximum atomic E-state index is 11.8. The van der Waals surface area contributed by atoms with Crippen LogP contribution in [0.2, 0.25) is 0 Å². The van der Waals surface area contributed by atoms with Gasteiger partial charge in [0.1, 0.15) is 0 Å². The van der Waals surface area contributed by atoms with E-state index < -0.39 is 11.8 Å². The fourth-order valence-electron chi connectivity index (χ4n) is 1.77. The van der Waals surface area contributed by atoms with Crippen LogP contribution in [0.3, 0.4) is 0 Å². The zero-order chi connectivity index (χ0) is 13.0. The first-order chi connectivity index (χ1) is 7.91. The Bertz CT molecular complexity index is 317. The maximum absolute atomic E-state index is 11.8. The minimum atomic E-state index is -0.497. The van der Waals surface area contributed by atoms with Crippen LogP contribution in [0.4, 0.5) is 0 Å². The lowest BCUT2D eigenvalue weighted by molar-refractivity contribution is -0.162. The molecule has 96 valence electrons. The third kappa shape index (κ3) is 3.88. The molecule has 0 amide bonds. The van der Waals surface area contributed by atoms with Crippen molar-refractivity contribution < 1.29 is 19.1 Å². The quantitative estimate of drug-likeness (QED) is 0.557. The minimum absolute atomic E-state index is 0.162. The van der Waals surface area contributed by atoms with Crippen LogP contribution in [0, 0.1) is 11.8 Å². The number of carbonyl (C=O) groups is 2. The van der Waals surface area contributed by atoms with E-state index in [1.165, 1.54) is 0 Å². The van der Waals surface area contributed by atoms with E-state index in [0.29, 0.717) is 6.42 Å². The van der Waals surface area contributed by atoms with Gasteiger partial charge in [-0.2, -0.15) is 0 Å². The molecule has 0 radical (unpaired) electrons. The van der Waals surface area contributed by atoms with Gasteiger partial charge >= 0.3 is 11.9 Å². The Morgan fingerprint density at radius 2 is 1.59 bits per heavy atom. The van der Waals surface area contributed by atoms with Crippen molar-refractivity contribution in [2.45, 2.75) is 46.3 Å². The van der Waals surface area contributed by atoms with Crippen LogP contribution < -0.4 is 0 Å². The van der Waals surface area contributed by atoms with E-state index in [-0.39, 0.29) is 24.1 Å². The van der Waals surface area contributed by atoms with Crippen molar-refractivity contribution in [3.8, 4) is 0 Å². The van der Waals surface area contributed by atoms with Gasteiger partial charge in [0.25, 0.3) is 0 Å². The van der Waals surface area contributed by atoms with Crippen molar-refractivity contribution in [2.24, 2.45) is 11.8 Å². The molecule has 0 heterocycles. The SMILES string of the molecule is CC(C)OC(=O)C1C=CCC1C(=O)OC(C)C. The van der Waals surface area contributed by atoms with Gasteiger partial charge in [-0.3, -0.25) is 9.59 Å². The van der Waals surface area contributed by atoms with Gasteiger partial charge in [0.05, 0.1) is 24.0 Å².